The summed E-state index contributed by atoms with van der Waals surface area (Å²) in [5.41, 5.74) is 2.34. The minimum atomic E-state index is -3.68. The molecule has 1 heterocycles. The number of nitrogen functional groups attached to an aromatic ring is 1. The zero-order valence-electron chi connectivity index (χ0n) is 11.1. The van der Waals surface area contributed by atoms with Crippen molar-refractivity contribution in [3.8, 4) is 0 Å². The Morgan fingerprint density at radius 3 is 2.65 bits per heavy atom. The van der Waals surface area contributed by atoms with Crippen molar-refractivity contribution in [2.45, 2.75) is 49.1 Å². The topological polar surface area (TPSA) is 117 Å². The van der Waals surface area contributed by atoms with Crippen LogP contribution >= 0.6 is 0 Å². The fourth-order valence-corrected chi connectivity index (χ4v) is 3.57. The molecular weight excluding hydrogens is 280 g/mol. The number of nitrogens with zero attached hydrogens (tertiary/aromatic N) is 1. The van der Waals surface area contributed by atoms with E-state index >= 15 is 0 Å². The van der Waals surface area contributed by atoms with E-state index in [9.17, 15) is 13.5 Å². The first-order chi connectivity index (χ1) is 9.53. The number of hydrazine groups is 1. The van der Waals surface area contributed by atoms with Crippen molar-refractivity contribution < 1.29 is 13.5 Å². The highest BCUT2D eigenvalue weighted by molar-refractivity contribution is 7.89. The number of sulfonamides is 1. The molecule has 20 heavy (non-hydrogen) atoms. The first kappa shape index (κ1) is 15.2. The summed E-state index contributed by atoms with van der Waals surface area (Å²) in [6, 6.07) is 2.47. The van der Waals surface area contributed by atoms with Crippen LogP contribution in [-0.4, -0.2) is 30.7 Å². The van der Waals surface area contributed by atoms with E-state index in [-0.39, 0.29) is 4.90 Å². The van der Waals surface area contributed by atoms with Gasteiger partial charge in [-0.05, 0) is 25.0 Å². The molecule has 7 nitrogen and oxygen atoms in total. The van der Waals surface area contributed by atoms with Crippen LogP contribution < -0.4 is 16.0 Å². The van der Waals surface area contributed by atoms with Gasteiger partial charge in [-0.3, -0.25) is 0 Å². The van der Waals surface area contributed by atoms with Crippen molar-refractivity contribution in [3.63, 3.8) is 0 Å². The van der Waals surface area contributed by atoms with Gasteiger partial charge >= 0.3 is 0 Å². The van der Waals surface area contributed by atoms with Crippen molar-refractivity contribution in [1.29, 1.82) is 0 Å². The number of rotatable bonds is 4. The number of nitrogens with one attached hydrogen (secondary N) is 2. The number of aliphatic hydroxyl groups excluding tert-OH is 1. The van der Waals surface area contributed by atoms with Crippen LogP contribution in [0.25, 0.3) is 0 Å². The normalized spacial score (nSPS) is 24.1. The molecule has 112 valence electrons. The van der Waals surface area contributed by atoms with Gasteiger partial charge in [-0.2, -0.15) is 0 Å². The fraction of sp³-hybridized carbons (Fsp3) is 0.583. The maximum Gasteiger partial charge on any atom is 0.242 e. The molecule has 8 heteroatoms. The average molecular weight is 300 g/mol. The van der Waals surface area contributed by atoms with E-state index < -0.39 is 22.2 Å². The molecule has 1 aromatic heterocycles. The summed E-state index contributed by atoms with van der Waals surface area (Å²) < 4.78 is 27.1. The van der Waals surface area contributed by atoms with Crippen LogP contribution in [0.15, 0.2) is 23.2 Å². The van der Waals surface area contributed by atoms with E-state index in [2.05, 4.69) is 15.1 Å². The quantitative estimate of drug-likeness (QED) is 0.362. The van der Waals surface area contributed by atoms with Crippen molar-refractivity contribution in [1.82, 2.24) is 9.71 Å². The number of hydrogen-bond donors (Lipinski definition) is 4. The third-order valence-corrected chi connectivity index (χ3v) is 4.96. The van der Waals surface area contributed by atoms with Gasteiger partial charge in [0.15, 0.2) is 0 Å². The molecule has 5 N–H and O–H groups in total. The summed E-state index contributed by atoms with van der Waals surface area (Å²) in [7, 11) is -3.68. The number of anilines is 1. The summed E-state index contributed by atoms with van der Waals surface area (Å²) in [4.78, 5) is 3.94. The third kappa shape index (κ3) is 3.66. The molecule has 2 unspecified atom stereocenters. The SMILES string of the molecule is NNc1ccc(S(=O)(=O)NC2CCCCCC2O)cn1. The molecule has 2 atom stereocenters. The smallest absolute Gasteiger partial charge is 0.242 e. The molecule has 1 fully saturated rings. The second-order valence-electron chi connectivity index (χ2n) is 4.96. The van der Waals surface area contributed by atoms with Crippen LogP contribution in [0.4, 0.5) is 5.82 Å². The van der Waals surface area contributed by atoms with Gasteiger partial charge in [0.25, 0.3) is 0 Å². The predicted octanol–water partition coefficient (Wildman–Crippen LogP) is 0.339. The summed E-state index contributed by atoms with van der Waals surface area (Å²) >= 11 is 0. The summed E-state index contributed by atoms with van der Waals surface area (Å²) in [6.07, 6.45) is 4.74. The summed E-state index contributed by atoms with van der Waals surface area (Å²) in [5, 5.41) is 9.97. The number of pyridine rings is 1. The Labute approximate surface area is 118 Å². The van der Waals surface area contributed by atoms with Gasteiger partial charge in [0.2, 0.25) is 10.0 Å². The highest BCUT2D eigenvalue weighted by Gasteiger charge is 2.27. The molecule has 2 rings (SSSR count). The molecular formula is C12H20N4O3S. The Balaban J connectivity index is 2.12. The molecule has 1 aliphatic rings. The first-order valence-corrected chi connectivity index (χ1v) is 8.14. The van der Waals surface area contributed by atoms with Crippen LogP contribution in [-0.2, 0) is 10.0 Å². The fourth-order valence-electron chi connectivity index (χ4n) is 2.32. The summed E-state index contributed by atoms with van der Waals surface area (Å²) in [6.45, 7) is 0. The van der Waals surface area contributed by atoms with Gasteiger partial charge in [0.05, 0.1) is 6.10 Å². The van der Waals surface area contributed by atoms with E-state index in [1.54, 1.807) is 0 Å². The molecule has 0 aromatic carbocycles. The molecule has 1 aromatic rings. The molecule has 1 aliphatic carbocycles. The maximum atomic E-state index is 12.2. The minimum absolute atomic E-state index is 0.0629. The van der Waals surface area contributed by atoms with Gasteiger partial charge in [-0.1, -0.05) is 19.3 Å². The van der Waals surface area contributed by atoms with Crippen molar-refractivity contribution in [3.05, 3.63) is 18.3 Å². The lowest BCUT2D eigenvalue weighted by atomic mass is 10.1. The van der Waals surface area contributed by atoms with Gasteiger partial charge in [0.1, 0.15) is 10.7 Å². The summed E-state index contributed by atoms with van der Waals surface area (Å²) in [5.74, 6) is 5.57. The van der Waals surface area contributed by atoms with E-state index in [0.29, 0.717) is 18.7 Å². The Morgan fingerprint density at radius 2 is 2.00 bits per heavy atom. The number of hydrogen-bond acceptors (Lipinski definition) is 6. The Kier molecular flexibility index (Phi) is 4.92. The highest BCUT2D eigenvalue weighted by atomic mass is 32.2. The van der Waals surface area contributed by atoms with Gasteiger partial charge < -0.3 is 10.5 Å². The minimum Gasteiger partial charge on any atom is -0.391 e. The highest BCUT2D eigenvalue weighted by Crippen LogP contribution is 2.20. The zero-order chi connectivity index (χ0) is 14.6. The lowest BCUT2D eigenvalue weighted by Gasteiger charge is -2.21. The van der Waals surface area contributed by atoms with E-state index in [1.807, 2.05) is 0 Å². The lowest BCUT2D eigenvalue weighted by Crippen LogP contribution is -2.42. The van der Waals surface area contributed by atoms with Crippen LogP contribution in [0.5, 0.6) is 0 Å². The van der Waals surface area contributed by atoms with Gasteiger partial charge in [-0.15, -0.1) is 0 Å². The van der Waals surface area contributed by atoms with E-state index in [0.717, 1.165) is 19.3 Å². The Morgan fingerprint density at radius 1 is 1.25 bits per heavy atom. The molecule has 1 saturated carbocycles. The second kappa shape index (κ2) is 6.49. The van der Waals surface area contributed by atoms with Crippen LogP contribution in [0, 0.1) is 0 Å². The van der Waals surface area contributed by atoms with Crippen LogP contribution in [0.2, 0.25) is 0 Å². The number of aromatic nitrogens is 1. The second-order valence-corrected chi connectivity index (χ2v) is 6.67. The molecule has 0 spiro atoms. The zero-order valence-corrected chi connectivity index (χ0v) is 11.9. The van der Waals surface area contributed by atoms with Crippen LogP contribution in [0.1, 0.15) is 32.1 Å². The van der Waals surface area contributed by atoms with Crippen molar-refractivity contribution in [2.24, 2.45) is 5.84 Å². The van der Waals surface area contributed by atoms with Crippen molar-refractivity contribution >= 4 is 15.8 Å². The Hall–Kier alpha value is -1.22. The monoisotopic (exact) mass is 300 g/mol. The number of aliphatic hydroxyl groups is 1. The molecule has 0 bridgehead atoms. The Bertz CT molecular complexity index is 532. The molecule has 0 aliphatic heterocycles. The largest absolute Gasteiger partial charge is 0.391 e. The predicted molar refractivity (Wildman–Crippen MR) is 75.2 cm³/mol. The van der Waals surface area contributed by atoms with E-state index in [1.165, 1.54) is 18.3 Å². The molecule has 0 amide bonds. The maximum absolute atomic E-state index is 12.2. The molecule has 0 radical (unpaired) electrons. The third-order valence-electron chi connectivity index (χ3n) is 3.48. The van der Waals surface area contributed by atoms with Crippen LogP contribution in [0.3, 0.4) is 0 Å². The van der Waals surface area contributed by atoms with Gasteiger partial charge in [-0.25, -0.2) is 24.0 Å². The number of nitrogens with two attached hydrogens (primary N) is 1. The van der Waals surface area contributed by atoms with Gasteiger partial charge in [0, 0.05) is 12.2 Å². The molecule has 0 saturated heterocycles. The average Bonchev–Trinajstić information content (AvgIpc) is 2.64. The van der Waals surface area contributed by atoms with E-state index in [4.69, 9.17) is 5.84 Å². The lowest BCUT2D eigenvalue weighted by molar-refractivity contribution is 0.130. The standard InChI is InChI=1S/C12H20N4O3S/c13-15-12-7-6-9(8-14-12)20(18,19)16-10-4-2-1-3-5-11(10)17/h6-8,10-11,16-17H,1-5,13H2,(H,14,15). The van der Waals surface area contributed by atoms with Crippen molar-refractivity contribution in [2.75, 3.05) is 5.43 Å². The first-order valence-electron chi connectivity index (χ1n) is 6.66.